The van der Waals surface area contributed by atoms with E-state index in [0.717, 1.165) is 36.1 Å². The first-order chi connectivity index (χ1) is 27.8. The second-order valence-corrected chi connectivity index (χ2v) is 18.2. The maximum atomic E-state index is 14.5. The molecule has 1 saturated heterocycles. The Labute approximate surface area is 355 Å². The third-order valence-corrected chi connectivity index (χ3v) is 11.9. The molecule has 0 aliphatic carbocycles. The summed E-state index contributed by atoms with van der Waals surface area (Å²) in [7, 11) is 0. The molecule has 2 N–H and O–H groups in total. The molecule has 5 rings (SSSR count). The van der Waals surface area contributed by atoms with Gasteiger partial charge in [-0.1, -0.05) is 148 Å². The van der Waals surface area contributed by atoms with Crippen molar-refractivity contribution in [2.75, 3.05) is 15.8 Å². The highest BCUT2D eigenvalue weighted by molar-refractivity contribution is 6.34. The van der Waals surface area contributed by atoms with Gasteiger partial charge in [0, 0.05) is 23.1 Å². The molecule has 1 aliphatic rings. The topological polar surface area (TPSA) is 117 Å². The van der Waals surface area contributed by atoms with Crippen molar-refractivity contribution in [3.63, 3.8) is 0 Å². The van der Waals surface area contributed by atoms with E-state index in [2.05, 4.69) is 77.3 Å². The number of hydrogen-bond donors (Lipinski definition) is 2. The van der Waals surface area contributed by atoms with Crippen LogP contribution in [-0.4, -0.2) is 40.0 Å². The van der Waals surface area contributed by atoms with Gasteiger partial charge in [-0.05, 0) is 71.2 Å². The summed E-state index contributed by atoms with van der Waals surface area (Å²) in [4.78, 5) is 43.2. The highest BCUT2D eigenvalue weighted by Gasteiger charge is 2.52. The molecular weight excluding hydrogens is 762 g/mol. The van der Waals surface area contributed by atoms with Gasteiger partial charge in [-0.3, -0.25) is 19.6 Å². The molecule has 0 saturated carbocycles. The third-order valence-electron chi connectivity index (χ3n) is 11.6. The number of carbonyl (C=O) groups is 3. The molecule has 0 spiro atoms. The molecule has 0 radical (unpaired) electrons. The Bertz CT molecular complexity index is 2080. The number of halogens is 1. The molecule has 1 aliphatic heterocycles. The molecule has 3 atom stereocenters. The molecular formula is C48H61ClN5O5-. The number of hydroxylamine groups is 1. The van der Waals surface area contributed by atoms with Crippen molar-refractivity contribution < 1.29 is 19.1 Å². The average molecular weight is 823 g/mol. The summed E-state index contributed by atoms with van der Waals surface area (Å²) in [5.41, 5.74) is 3.21. The predicted octanol–water partition coefficient (Wildman–Crippen LogP) is 11.0. The number of ether oxygens (including phenoxy) is 1. The largest absolute Gasteiger partial charge is 0.765 e. The maximum absolute atomic E-state index is 14.5. The lowest BCUT2D eigenvalue weighted by molar-refractivity contribution is -0.143. The lowest BCUT2D eigenvalue weighted by atomic mass is 9.76. The van der Waals surface area contributed by atoms with Crippen molar-refractivity contribution in [3.05, 3.63) is 124 Å². The lowest BCUT2D eigenvalue weighted by Gasteiger charge is -2.41. The van der Waals surface area contributed by atoms with Gasteiger partial charge in [-0.25, -0.2) is 10.1 Å². The van der Waals surface area contributed by atoms with E-state index in [-0.39, 0.29) is 28.1 Å². The first kappa shape index (κ1) is 45.2. The molecule has 10 nitrogen and oxygen atoms in total. The molecule has 316 valence electrons. The summed E-state index contributed by atoms with van der Waals surface area (Å²) in [5.74, 6) is -2.94. The minimum Gasteiger partial charge on any atom is -0.765 e. The minimum atomic E-state index is -1.69. The first-order valence-electron chi connectivity index (χ1n) is 20.7. The van der Waals surface area contributed by atoms with E-state index in [1.807, 2.05) is 30.3 Å². The normalized spacial score (nSPS) is 16.2. The molecule has 4 aromatic carbocycles. The van der Waals surface area contributed by atoms with Crippen LogP contribution in [0.1, 0.15) is 112 Å². The Morgan fingerprint density at radius 2 is 1.46 bits per heavy atom. The van der Waals surface area contributed by atoms with Gasteiger partial charge in [0.2, 0.25) is 5.91 Å². The number of rotatable bonds is 17. The molecule has 0 bridgehead atoms. The standard InChI is InChI=1S/C48H61ClN5O5/c1-11-20-40(59-39-28-25-33(47(7,8)12-2)29-36(39)48(9,10)13-3)50-34-26-27-37(49)38(30-34)51-44(56)41(43(55)46(4,5)6)42-45(57)52(31-32-21-16-14-17-22-32)53(54(42)58)35-23-18-15-19-24-35/h14-19,21-30,40-42,50H,11-13,20,31H2,1-10H3,(H,51,56)/q-1. The number of nitrogens with zero attached hydrogens (tertiary/aromatic N) is 3. The highest BCUT2D eigenvalue weighted by Crippen LogP contribution is 2.40. The molecule has 11 heteroatoms. The van der Waals surface area contributed by atoms with Gasteiger partial charge >= 0.3 is 0 Å². The maximum Gasteiger partial charge on any atom is 0.262 e. The molecule has 2 amide bonds. The predicted molar refractivity (Wildman–Crippen MR) is 239 cm³/mol. The van der Waals surface area contributed by atoms with Crippen LogP contribution >= 0.6 is 11.6 Å². The van der Waals surface area contributed by atoms with Crippen LogP contribution in [0.3, 0.4) is 0 Å². The summed E-state index contributed by atoms with van der Waals surface area (Å²) in [6.45, 7) is 20.5. The Morgan fingerprint density at radius 3 is 2.05 bits per heavy atom. The summed E-state index contributed by atoms with van der Waals surface area (Å²) in [6.07, 6.45) is 3.02. The number of anilines is 3. The Hall–Kier alpha value is -4.90. The van der Waals surface area contributed by atoms with E-state index in [1.165, 1.54) is 15.7 Å². The fourth-order valence-corrected chi connectivity index (χ4v) is 7.25. The zero-order chi connectivity index (χ0) is 43.3. The fraction of sp³-hybridized carbons (Fsp3) is 0.438. The number of amides is 2. The molecule has 1 fully saturated rings. The third kappa shape index (κ3) is 10.3. The summed E-state index contributed by atoms with van der Waals surface area (Å²) in [5, 5.41) is 23.9. The van der Waals surface area contributed by atoms with Crippen molar-refractivity contribution in [2.45, 2.75) is 125 Å². The molecule has 1 heterocycles. The van der Waals surface area contributed by atoms with Crippen LogP contribution in [0.15, 0.2) is 97.1 Å². The molecule has 4 aromatic rings. The van der Waals surface area contributed by atoms with Gasteiger partial charge in [-0.2, -0.15) is 0 Å². The van der Waals surface area contributed by atoms with Crippen molar-refractivity contribution in [1.82, 2.24) is 10.2 Å². The summed E-state index contributed by atoms with van der Waals surface area (Å²) >= 11 is 6.71. The van der Waals surface area contributed by atoms with Gasteiger partial charge in [0.1, 0.15) is 17.7 Å². The molecule has 3 unspecified atom stereocenters. The lowest BCUT2D eigenvalue weighted by Crippen LogP contribution is -2.51. The smallest absolute Gasteiger partial charge is 0.262 e. The van der Waals surface area contributed by atoms with Crippen LogP contribution in [-0.2, 0) is 31.8 Å². The Kier molecular flexibility index (Phi) is 14.2. The van der Waals surface area contributed by atoms with E-state index >= 15 is 0 Å². The van der Waals surface area contributed by atoms with Gasteiger partial charge in [0.15, 0.2) is 12.0 Å². The van der Waals surface area contributed by atoms with Gasteiger partial charge in [-0.15, -0.1) is 0 Å². The fourth-order valence-electron chi connectivity index (χ4n) is 7.08. The molecule has 0 aromatic heterocycles. The summed E-state index contributed by atoms with van der Waals surface area (Å²) < 4.78 is 6.76. The Balaban J connectivity index is 1.46. The van der Waals surface area contributed by atoms with Crippen molar-refractivity contribution >= 4 is 46.3 Å². The zero-order valence-corrected chi connectivity index (χ0v) is 37.0. The van der Waals surface area contributed by atoms with Gasteiger partial charge < -0.3 is 20.6 Å². The number of benzene rings is 4. The number of ketones is 1. The van der Waals surface area contributed by atoms with Crippen LogP contribution in [0.2, 0.25) is 5.02 Å². The van der Waals surface area contributed by atoms with Crippen LogP contribution < -0.4 is 20.5 Å². The number of hydrazine groups is 2. The second-order valence-electron chi connectivity index (χ2n) is 17.8. The summed E-state index contributed by atoms with van der Waals surface area (Å²) in [6, 6.07) is 27.9. The first-order valence-corrected chi connectivity index (χ1v) is 21.1. The minimum absolute atomic E-state index is 0.0126. The number of para-hydroxylation sites is 1. The quantitative estimate of drug-likeness (QED) is 0.0799. The van der Waals surface area contributed by atoms with Crippen LogP contribution in [0.5, 0.6) is 5.75 Å². The zero-order valence-electron chi connectivity index (χ0n) is 36.3. The second kappa shape index (κ2) is 18.6. The van der Waals surface area contributed by atoms with E-state index in [1.54, 1.807) is 69.3 Å². The van der Waals surface area contributed by atoms with Crippen molar-refractivity contribution in [3.8, 4) is 5.75 Å². The van der Waals surface area contributed by atoms with E-state index < -0.39 is 41.2 Å². The van der Waals surface area contributed by atoms with Crippen LogP contribution in [0.25, 0.3) is 0 Å². The molecule has 59 heavy (non-hydrogen) atoms. The van der Waals surface area contributed by atoms with E-state index in [9.17, 15) is 19.6 Å². The Morgan fingerprint density at radius 1 is 0.831 bits per heavy atom. The van der Waals surface area contributed by atoms with Crippen molar-refractivity contribution in [2.24, 2.45) is 11.3 Å². The van der Waals surface area contributed by atoms with Crippen LogP contribution in [0, 0.1) is 16.5 Å². The number of Topliss-reactive ketones (excluding diaryl/α,β-unsaturated/α-hetero) is 1. The number of carbonyl (C=O) groups excluding carboxylic acids is 3. The average Bonchev–Trinajstić information content (AvgIpc) is 3.44. The SMILES string of the molecule is CCCC(Nc1ccc(Cl)c(NC(=O)C(C(=O)C(C)(C)C)C2C(=O)N(Cc3ccccc3)N(c3ccccc3)N2[O-])c1)Oc1ccc(C(C)(C)CC)cc1C(C)(C)CC. The highest BCUT2D eigenvalue weighted by atomic mass is 35.5. The van der Waals surface area contributed by atoms with E-state index in [4.69, 9.17) is 16.3 Å². The van der Waals surface area contributed by atoms with Gasteiger partial charge in [0.25, 0.3) is 5.91 Å². The van der Waals surface area contributed by atoms with Crippen molar-refractivity contribution in [1.29, 1.82) is 0 Å². The number of nitrogens with one attached hydrogen (secondary N) is 2. The van der Waals surface area contributed by atoms with E-state index in [0.29, 0.717) is 23.0 Å². The monoisotopic (exact) mass is 822 g/mol. The van der Waals surface area contributed by atoms with Crippen LogP contribution in [0.4, 0.5) is 17.1 Å². The number of hydrogen-bond acceptors (Lipinski definition) is 8. The van der Waals surface area contributed by atoms with Gasteiger partial charge in [0.05, 0.1) is 22.9 Å².